The third kappa shape index (κ3) is 2.84. The summed E-state index contributed by atoms with van der Waals surface area (Å²) in [6.07, 6.45) is 0.0184. The Bertz CT molecular complexity index is 996. The smallest absolute Gasteiger partial charge is 0.231 e. The number of aryl methyl sites for hydroxylation is 1. The Labute approximate surface area is 160 Å². The molecule has 0 aromatic heterocycles. The molecule has 2 aliphatic rings. The zero-order chi connectivity index (χ0) is 19.2. The van der Waals surface area contributed by atoms with Crippen molar-refractivity contribution in [2.24, 2.45) is 0 Å². The van der Waals surface area contributed by atoms with Crippen LogP contribution < -0.4 is 0 Å². The van der Waals surface area contributed by atoms with Gasteiger partial charge in [0.15, 0.2) is 5.72 Å². The zero-order valence-electron chi connectivity index (χ0n) is 14.6. The highest BCUT2D eigenvalue weighted by molar-refractivity contribution is 8.03. The number of aliphatic hydroxyl groups is 1. The normalized spacial score (nSPS) is 24.7. The van der Waals surface area contributed by atoms with Crippen LogP contribution in [0.2, 0.25) is 0 Å². The first kappa shape index (κ1) is 17.8. The van der Waals surface area contributed by atoms with Gasteiger partial charge in [0.25, 0.3) is 0 Å². The second-order valence-electron chi connectivity index (χ2n) is 6.84. The molecule has 0 saturated carbocycles. The average Bonchev–Trinajstić information content (AvgIpc) is 3.01. The number of carbonyl (C=O) groups is 1. The van der Waals surface area contributed by atoms with Crippen LogP contribution in [-0.2, 0) is 10.5 Å². The monoisotopic (exact) mass is 380 g/mol. The van der Waals surface area contributed by atoms with Gasteiger partial charge in [0.05, 0.1) is 22.4 Å². The summed E-state index contributed by atoms with van der Waals surface area (Å²) in [6.45, 7) is 1.95. The first-order chi connectivity index (χ1) is 12.9. The van der Waals surface area contributed by atoms with Gasteiger partial charge < -0.3 is 5.11 Å². The Morgan fingerprint density at radius 1 is 1.30 bits per heavy atom. The van der Waals surface area contributed by atoms with E-state index < -0.39 is 17.5 Å². The van der Waals surface area contributed by atoms with Gasteiger partial charge in [-0.15, -0.1) is 11.8 Å². The van der Waals surface area contributed by atoms with Crippen LogP contribution in [0.3, 0.4) is 0 Å². The molecule has 2 aromatic rings. The largest absolute Gasteiger partial charge is 0.366 e. The van der Waals surface area contributed by atoms with Crippen molar-refractivity contribution in [2.45, 2.75) is 25.0 Å². The highest BCUT2D eigenvalue weighted by Gasteiger charge is 2.51. The van der Waals surface area contributed by atoms with E-state index in [0.29, 0.717) is 21.7 Å². The maximum absolute atomic E-state index is 13.7. The first-order valence-corrected chi connectivity index (χ1v) is 9.57. The van der Waals surface area contributed by atoms with Crippen LogP contribution in [0.25, 0.3) is 0 Å². The van der Waals surface area contributed by atoms with Crippen LogP contribution in [-0.4, -0.2) is 21.7 Å². The van der Waals surface area contributed by atoms with Crippen LogP contribution in [0.5, 0.6) is 0 Å². The predicted octanol–water partition coefficient (Wildman–Crippen LogP) is 3.78. The SMILES string of the molecule is Cc1ccc([C@]2(O)CSC3=C(C#N)[C@@H](c4cccc(F)c4)CC(=O)N32)cc1. The Kier molecular flexibility index (Phi) is 4.29. The molecule has 1 amide bonds. The van der Waals surface area contributed by atoms with E-state index in [1.807, 2.05) is 19.1 Å². The van der Waals surface area contributed by atoms with Crippen molar-refractivity contribution in [3.05, 3.63) is 81.6 Å². The summed E-state index contributed by atoms with van der Waals surface area (Å²) in [5, 5.41) is 21.5. The molecule has 1 fully saturated rings. The molecule has 0 bridgehead atoms. The minimum Gasteiger partial charge on any atom is -0.366 e. The van der Waals surface area contributed by atoms with E-state index in [9.17, 15) is 19.6 Å². The standard InChI is InChI=1S/C21H17FN2O2S/c1-13-5-7-15(8-6-13)21(26)12-27-20-18(11-23)17(10-19(25)24(20)21)14-3-2-4-16(22)9-14/h2-9,17,26H,10,12H2,1H3/t17-,21-/m1/s1. The van der Waals surface area contributed by atoms with Gasteiger partial charge >= 0.3 is 0 Å². The first-order valence-electron chi connectivity index (χ1n) is 8.59. The van der Waals surface area contributed by atoms with Gasteiger partial charge in [-0.05, 0) is 24.6 Å². The summed E-state index contributed by atoms with van der Waals surface area (Å²) in [4.78, 5) is 14.3. The molecule has 4 rings (SSSR count). The van der Waals surface area contributed by atoms with Crippen molar-refractivity contribution >= 4 is 17.7 Å². The van der Waals surface area contributed by atoms with E-state index in [1.54, 1.807) is 24.3 Å². The Hall–Kier alpha value is -2.62. The van der Waals surface area contributed by atoms with E-state index in [-0.39, 0.29) is 18.1 Å². The van der Waals surface area contributed by atoms with Crippen LogP contribution in [0.15, 0.2) is 59.1 Å². The van der Waals surface area contributed by atoms with Gasteiger partial charge in [-0.1, -0.05) is 42.0 Å². The third-order valence-electron chi connectivity index (χ3n) is 5.08. The number of nitriles is 1. The number of amides is 1. The lowest BCUT2D eigenvalue weighted by Crippen LogP contribution is -2.48. The number of thioether (sulfide) groups is 1. The molecular formula is C21H17FN2O2S. The molecule has 4 nitrogen and oxygen atoms in total. The van der Waals surface area contributed by atoms with Crippen molar-refractivity contribution in [2.75, 3.05) is 5.75 Å². The van der Waals surface area contributed by atoms with Gasteiger partial charge in [-0.3, -0.25) is 9.69 Å². The van der Waals surface area contributed by atoms with Crippen LogP contribution >= 0.6 is 11.8 Å². The lowest BCUT2D eigenvalue weighted by Gasteiger charge is -2.38. The van der Waals surface area contributed by atoms with Gasteiger partial charge in [-0.2, -0.15) is 5.26 Å². The summed E-state index contributed by atoms with van der Waals surface area (Å²) in [6, 6.07) is 15.6. The summed E-state index contributed by atoms with van der Waals surface area (Å²) in [7, 11) is 0. The molecular weight excluding hydrogens is 363 g/mol. The van der Waals surface area contributed by atoms with Crippen LogP contribution in [0.1, 0.15) is 29.0 Å². The molecule has 27 heavy (non-hydrogen) atoms. The molecule has 1 saturated heterocycles. The number of hydrogen-bond donors (Lipinski definition) is 1. The molecule has 0 radical (unpaired) electrons. The number of rotatable bonds is 2. The fourth-order valence-corrected chi connectivity index (χ4v) is 5.03. The molecule has 136 valence electrons. The molecule has 2 heterocycles. The number of benzene rings is 2. The van der Waals surface area contributed by atoms with Crippen molar-refractivity contribution in [1.82, 2.24) is 4.90 Å². The average molecular weight is 380 g/mol. The number of allylic oxidation sites excluding steroid dienone is 1. The van der Waals surface area contributed by atoms with Crippen molar-refractivity contribution in [1.29, 1.82) is 5.26 Å². The lowest BCUT2D eigenvalue weighted by atomic mass is 9.85. The second-order valence-corrected chi connectivity index (χ2v) is 7.81. The third-order valence-corrected chi connectivity index (χ3v) is 6.30. The van der Waals surface area contributed by atoms with Gasteiger partial charge in [0.2, 0.25) is 5.91 Å². The van der Waals surface area contributed by atoms with Gasteiger partial charge in [0.1, 0.15) is 5.82 Å². The Balaban J connectivity index is 1.81. The van der Waals surface area contributed by atoms with E-state index in [2.05, 4.69) is 6.07 Å². The van der Waals surface area contributed by atoms with Crippen molar-refractivity contribution < 1.29 is 14.3 Å². The van der Waals surface area contributed by atoms with Crippen molar-refractivity contribution in [3.63, 3.8) is 0 Å². The van der Waals surface area contributed by atoms with E-state index in [0.717, 1.165) is 5.56 Å². The summed E-state index contributed by atoms with van der Waals surface area (Å²) in [5.41, 5.74) is 1.18. The van der Waals surface area contributed by atoms with Gasteiger partial charge in [0, 0.05) is 17.9 Å². The quantitative estimate of drug-likeness (QED) is 0.861. The lowest BCUT2D eigenvalue weighted by molar-refractivity contribution is -0.149. The minimum absolute atomic E-state index is 0.0184. The summed E-state index contributed by atoms with van der Waals surface area (Å²) >= 11 is 1.29. The van der Waals surface area contributed by atoms with E-state index >= 15 is 0 Å². The number of halogens is 1. The maximum atomic E-state index is 13.7. The molecule has 2 aromatic carbocycles. The predicted molar refractivity (Wildman–Crippen MR) is 101 cm³/mol. The number of nitrogens with zero attached hydrogens (tertiary/aromatic N) is 2. The Morgan fingerprint density at radius 2 is 2.04 bits per heavy atom. The van der Waals surface area contributed by atoms with E-state index in [4.69, 9.17) is 0 Å². The Morgan fingerprint density at radius 3 is 2.70 bits per heavy atom. The van der Waals surface area contributed by atoms with Crippen molar-refractivity contribution in [3.8, 4) is 6.07 Å². The number of carbonyl (C=O) groups excluding carboxylic acids is 1. The fraction of sp³-hybridized carbons (Fsp3) is 0.238. The van der Waals surface area contributed by atoms with Crippen LogP contribution in [0, 0.1) is 24.1 Å². The molecule has 0 unspecified atom stereocenters. The highest BCUT2D eigenvalue weighted by Crippen LogP contribution is 2.51. The molecule has 1 N–H and O–H groups in total. The molecule has 2 aliphatic heterocycles. The maximum Gasteiger partial charge on any atom is 0.231 e. The summed E-state index contributed by atoms with van der Waals surface area (Å²) < 4.78 is 13.7. The highest BCUT2D eigenvalue weighted by atomic mass is 32.2. The molecule has 0 spiro atoms. The topological polar surface area (TPSA) is 64.3 Å². The number of hydrogen-bond acceptors (Lipinski definition) is 4. The molecule has 0 aliphatic carbocycles. The number of fused-ring (bicyclic) bond motifs is 1. The van der Waals surface area contributed by atoms with Gasteiger partial charge in [-0.25, -0.2) is 4.39 Å². The minimum atomic E-state index is -1.49. The fourth-order valence-electron chi connectivity index (χ4n) is 3.67. The molecule has 6 heteroatoms. The van der Waals surface area contributed by atoms with Crippen LogP contribution in [0.4, 0.5) is 4.39 Å². The van der Waals surface area contributed by atoms with E-state index in [1.165, 1.54) is 28.8 Å². The second kappa shape index (κ2) is 6.52. The molecule has 2 atom stereocenters. The summed E-state index contributed by atoms with van der Waals surface area (Å²) in [5.74, 6) is -0.929. The zero-order valence-corrected chi connectivity index (χ0v) is 15.5.